The molecule has 1 aromatic rings. The van der Waals surface area contributed by atoms with Gasteiger partial charge in [0.15, 0.2) is 0 Å². The van der Waals surface area contributed by atoms with Gasteiger partial charge < -0.3 is 14.7 Å². The molecule has 0 aromatic carbocycles. The fourth-order valence-corrected chi connectivity index (χ4v) is 4.45. The van der Waals surface area contributed by atoms with Crippen molar-refractivity contribution in [3.63, 3.8) is 0 Å². The second kappa shape index (κ2) is 6.40. The smallest absolute Gasteiger partial charge is 0.233 e. The SMILES string of the molecule is Cc1noc(C)c1CSCC(=O)N1C2CCNCC1CC2. The number of hydrogen-bond acceptors (Lipinski definition) is 5. The van der Waals surface area contributed by atoms with E-state index in [0.717, 1.165) is 48.7 Å². The quantitative estimate of drug-likeness (QED) is 0.920. The van der Waals surface area contributed by atoms with Crippen molar-refractivity contribution in [3.8, 4) is 0 Å². The van der Waals surface area contributed by atoms with Crippen LogP contribution < -0.4 is 5.32 Å². The maximum atomic E-state index is 12.5. The predicted molar refractivity (Wildman–Crippen MR) is 83.3 cm³/mol. The van der Waals surface area contributed by atoms with Gasteiger partial charge in [-0.05, 0) is 39.7 Å². The molecule has 2 saturated heterocycles. The summed E-state index contributed by atoms with van der Waals surface area (Å²) in [6, 6.07) is 0.863. The molecular formula is C15H23N3O2S. The molecule has 3 rings (SSSR count). The van der Waals surface area contributed by atoms with Gasteiger partial charge in [0.05, 0.1) is 11.4 Å². The Morgan fingerprint density at radius 1 is 1.38 bits per heavy atom. The van der Waals surface area contributed by atoms with Gasteiger partial charge in [0.2, 0.25) is 5.91 Å². The summed E-state index contributed by atoms with van der Waals surface area (Å²) in [4.78, 5) is 14.7. The summed E-state index contributed by atoms with van der Waals surface area (Å²) >= 11 is 1.67. The van der Waals surface area contributed by atoms with Crippen LogP contribution in [0.1, 0.15) is 36.3 Å². The number of rotatable bonds is 4. The number of nitrogens with one attached hydrogen (secondary N) is 1. The van der Waals surface area contributed by atoms with E-state index in [1.54, 1.807) is 11.8 Å². The van der Waals surface area contributed by atoms with E-state index in [4.69, 9.17) is 4.52 Å². The van der Waals surface area contributed by atoms with Gasteiger partial charge in [-0.1, -0.05) is 5.16 Å². The fourth-order valence-electron chi connectivity index (χ4n) is 3.41. The summed E-state index contributed by atoms with van der Waals surface area (Å²) in [6.45, 7) is 5.88. The topological polar surface area (TPSA) is 58.4 Å². The van der Waals surface area contributed by atoms with Gasteiger partial charge in [0.1, 0.15) is 5.76 Å². The molecule has 2 bridgehead atoms. The summed E-state index contributed by atoms with van der Waals surface area (Å²) in [7, 11) is 0. The highest BCUT2D eigenvalue weighted by Crippen LogP contribution is 2.29. The van der Waals surface area contributed by atoms with Gasteiger partial charge in [0.25, 0.3) is 0 Å². The zero-order valence-corrected chi connectivity index (χ0v) is 13.5. The van der Waals surface area contributed by atoms with E-state index in [9.17, 15) is 4.79 Å². The molecular weight excluding hydrogens is 286 g/mol. The van der Waals surface area contributed by atoms with Crippen LogP contribution in [0.15, 0.2) is 4.52 Å². The number of nitrogens with zero attached hydrogens (tertiary/aromatic N) is 2. The zero-order chi connectivity index (χ0) is 14.8. The van der Waals surface area contributed by atoms with Crippen LogP contribution in [-0.2, 0) is 10.5 Å². The number of aromatic nitrogens is 1. The Labute approximate surface area is 129 Å². The van der Waals surface area contributed by atoms with Crippen molar-refractivity contribution < 1.29 is 9.32 Å². The molecule has 1 aromatic heterocycles. The van der Waals surface area contributed by atoms with Crippen LogP contribution in [0.5, 0.6) is 0 Å². The maximum absolute atomic E-state index is 12.5. The minimum absolute atomic E-state index is 0.294. The van der Waals surface area contributed by atoms with Crippen molar-refractivity contribution in [2.45, 2.75) is 50.9 Å². The minimum atomic E-state index is 0.294. The Hall–Kier alpha value is -1.01. The predicted octanol–water partition coefficient (Wildman–Crippen LogP) is 1.88. The number of fused-ring (bicyclic) bond motifs is 2. The molecule has 2 atom stereocenters. The highest BCUT2D eigenvalue weighted by atomic mass is 32.2. The second-order valence-corrected chi connectivity index (χ2v) is 6.96. The van der Waals surface area contributed by atoms with Crippen molar-refractivity contribution in [1.82, 2.24) is 15.4 Å². The molecule has 2 aliphatic rings. The Balaban J connectivity index is 1.55. The van der Waals surface area contributed by atoms with Crippen LogP contribution in [0.4, 0.5) is 0 Å². The van der Waals surface area contributed by atoms with Crippen LogP contribution in [0, 0.1) is 13.8 Å². The summed E-state index contributed by atoms with van der Waals surface area (Å²) in [5, 5.41) is 7.39. The Morgan fingerprint density at radius 2 is 2.19 bits per heavy atom. The third kappa shape index (κ3) is 3.11. The molecule has 0 radical (unpaired) electrons. The van der Waals surface area contributed by atoms with Gasteiger partial charge in [-0.15, -0.1) is 11.8 Å². The summed E-state index contributed by atoms with van der Waals surface area (Å²) in [5.41, 5.74) is 2.07. The number of amides is 1. The standard InChI is InChI=1S/C15H23N3O2S/c1-10-14(11(2)20-17-10)8-21-9-15(19)18-12-3-4-13(18)7-16-6-5-12/h12-13,16H,3-9H2,1-2H3. The van der Waals surface area contributed by atoms with E-state index in [1.807, 2.05) is 13.8 Å². The lowest BCUT2D eigenvalue weighted by molar-refractivity contribution is -0.130. The van der Waals surface area contributed by atoms with Crippen LogP contribution >= 0.6 is 11.8 Å². The molecule has 2 unspecified atom stereocenters. The van der Waals surface area contributed by atoms with Gasteiger partial charge in [-0.25, -0.2) is 0 Å². The normalized spacial score (nSPS) is 25.1. The van der Waals surface area contributed by atoms with Gasteiger partial charge in [-0.3, -0.25) is 4.79 Å². The number of carbonyl (C=O) groups excluding carboxylic acids is 1. The van der Waals surface area contributed by atoms with Crippen molar-refractivity contribution in [2.24, 2.45) is 0 Å². The largest absolute Gasteiger partial charge is 0.361 e. The average Bonchev–Trinajstić information content (AvgIpc) is 2.90. The van der Waals surface area contributed by atoms with Crippen LogP contribution in [-0.4, -0.2) is 46.9 Å². The first-order valence-electron chi connectivity index (χ1n) is 7.68. The molecule has 5 nitrogen and oxygen atoms in total. The van der Waals surface area contributed by atoms with Crippen molar-refractivity contribution in [2.75, 3.05) is 18.8 Å². The van der Waals surface area contributed by atoms with Gasteiger partial charge in [-0.2, -0.15) is 0 Å². The average molecular weight is 309 g/mol. The molecule has 0 saturated carbocycles. The molecule has 1 amide bonds. The molecule has 21 heavy (non-hydrogen) atoms. The fraction of sp³-hybridized carbons (Fsp3) is 0.733. The highest BCUT2D eigenvalue weighted by Gasteiger charge is 2.37. The molecule has 0 aliphatic carbocycles. The first-order chi connectivity index (χ1) is 10.2. The zero-order valence-electron chi connectivity index (χ0n) is 12.7. The number of thioether (sulfide) groups is 1. The molecule has 6 heteroatoms. The summed E-state index contributed by atoms with van der Waals surface area (Å²) in [6.07, 6.45) is 3.42. The minimum Gasteiger partial charge on any atom is -0.361 e. The number of hydrogen-bond donors (Lipinski definition) is 1. The summed E-state index contributed by atoms with van der Waals surface area (Å²) in [5.74, 6) is 2.51. The monoisotopic (exact) mass is 309 g/mol. The van der Waals surface area contributed by atoms with E-state index < -0.39 is 0 Å². The van der Waals surface area contributed by atoms with Gasteiger partial charge in [0, 0.05) is 29.9 Å². The first-order valence-corrected chi connectivity index (χ1v) is 8.83. The second-order valence-electron chi connectivity index (χ2n) is 5.97. The highest BCUT2D eigenvalue weighted by molar-refractivity contribution is 7.99. The lowest BCUT2D eigenvalue weighted by Gasteiger charge is -2.27. The third-order valence-electron chi connectivity index (χ3n) is 4.60. The van der Waals surface area contributed by atoms with Gasteiger partial charge >= 0.3 is 0 Å². The van der Waals surface area contributed by atoms with Crippen LogP contribution in [0.3, 0.4) is 0 Å². The molecule has 0 spiro atoms. The Kier molecular flexibility index (Phi) is 4.54. The van der Waals surface area contributed by atoms with E-state index in [1.165, 1.54) is 6.42 Å². The van der Waals surface area contributed by atoms with Crippen molar-refractivity contribution >= 4 is 17.7 Å². The molecule has 2 aliphatic heterocycles. The van der Waals surface area contributed by atoms with Crippen LogP contribution in [0.2, 0.25) is 0 Å². The molecule has 3 heterocycles. The lowest BCUT2D eigenvalue weighted by atomic mass is 10.1. The van der Waals surface area contributed by atoms with Crippen molar-refractivity contribution in [3.05, 3.63) is 17.0 Å². The van der Waals surface area contributed by atoms with Crippen LogP contribution in [0.25, 0.3) is 0 Å². The van der Waals surface area contributed by atoms with E-state index >= 15 is 0 Å². The number of carbonyl (C=O) groups is 1. The number of aryl methyl sites for hydroxylation is 2. The third-order valence-corrected chi connectivity index (χ3v) is 5.54. The molecule has 1 N–H and O–H groups in total. The molecule has 116 valence electrons. The van der Waals surface area contributed by atoms with Crippen molar-refractivity contribution in [1.29, 1.82) is 0 Å². The summed E-state index contributed by atoms with van der Waals surface area (Å²) < 4.78 is 5.16. The van der Waals surface area contributed by atoms with E-state index in [2.05, 4.69) is 15.4 Å². The molecule has 2 fully saturated rings. The van der Waals surface area contributed by atoms with E-state index in [0.29, 0.717) is 23.7 Å². The first kappa shape index (κ1) is 14.9. The maximum Gasteiger partial charge on any atom is 0.233 e. The van der Waals surface area contributed by atoms with E-state index in [-0.39, 0.29) is 0 Å². The lowest BCUT2D eigenvalue weighted by Crippen LogP contribution is -2.43. The Morgan fingerprint density at radius 3 is 2.95 bits per heavy atom. The Bertz CT molecular complexity index is 484.